The molecule has 0 aliphatic carbocycles. The van der Waals surface area contributed by atoms with Crippen LogP contribution in [-0.2, 0) is 0 Å². The molecule has 20 heavy (non-hydrogen) atoms. The fraction of sp³-hybridized carbons (Fsp3) is 0.118. The lowest BCUT2D eigenvalue weighted by Crippen LogP contribution is -2.06. The maximum atomic E-state index is 9.34. The van der Waals surface area contributed by atoms with E-state index < -0.39 is 0 Å². The maximum Gasteiger partial charge on any atom is 0.115 e. The fourth-order valence-corrected chi connectivity index (χ4v) is 2.33. The van der Waals surface area contributed by atoms with Gasteiger partial charge in [0, 0.05) is 34.9 Å². The molecule has 0 spiro atoms. The Hall–Kier alpha value is -2.55. The van der Waals surface area contributed by atoms with Gasteiger partial charge < -0.3 is 10.4 Å². The van der Waals surface area contributed by atoms with E-state index in [0.717, 1.165) is 22.0 Å². The smallest absolute Gasteiger partial charge is 0.115 e. The molecular formula is C17H16N2O. The number of phenols is 1. The molecular weight excluding hydrogens is 248 g/mol. The molecule has 0 aliphatic heterocycles. The number of nitrogens with one attached hydrogen (secondary N) is 1. The van der Waals surface area contributed by atoms with Crippen molar-refractivity contribution >= 4 is 16.5 Å². The van der Waals surface area contributed by atoms with E-state index in [4.69, 9.17) is 0 Å². The number of hydrogen-bond donors (Lipinski definition) is 2. The molecule has 0 bridgehead atoms. The molecule has 0 saturated carbocycles. The van der Waals surface area contributed by atoms with Crippen LogP contribution in [-0.4, -0.2) is 10.1 Å². The zero-order valence-electron chi connectivity index (χ0n) is 11.2. The van der Waals surface area contributed by atoms with Crippen molar-refractivity contribution in [1.82, 2.24) is 4.98 Å². The van der Waals surface area contributed by atoms with Crippen molar-refractivity contribution in [3.8, 4) is 5.75 Å². The Labute approximate surface area is 117 Å². The number of pyridine rings is 1. The van der Waals surface area contributed by atoms with Gasteiger partial charge in [0.05, 0.1) is 0 Å². The largest absolute Gasteiger partial charge is 0.508 e. The number of aromatic nitrogens is 1. The van der Waals surface area contributed by atoms with Crippen molar-refractivity contribution in [2.24, 2.45) is 0 Å². The highest BCUT2D eigenvalue weighted by Gasteiger charge is 2.07. The molecule has 2 N–H and O–H groups in total. The standard InChI is InChI=1S/C17H16N2O/c1-12(13-5-7-15(20)8-6-13)19-17-4-2-3-14-11-18-10-9-16(14)17/h2-12,19-20H,1H3. The first kappa shape index (κ1) is 12.5. The lowest BCUT2D eigenvalue weighted by atomic mass is 10.1. The highest BCUT2D eigenvalue weighted by molar-refractivity contribution is 5.93. The molecule has 3 nitrogen and oxygen atoms in total. The second-order valence-electron chi connectivity index (χ2n) is 4.86. The van der Waals surface area contributed by atoms with Gasteiger partial charge >= 0.3 is 0 Å². The average Bonchev–Trinajstić information content (AvgIpc) is 2.48. The van der Waals surface area contributed by atoms with Crippen LogP contribution in [0.3, 0.4) is 0 Å². The highest BCUT2D eigenvalue weighted by Crippen LogP contribution is 2.27. The van der Waals surface area contributed by atoms with Gasteiger partial charge in [-0.25, -0.2) is 0 Å². The van der Waals surface area contributed by atoms with Gasteiger partial charge in [-0.3, -0.25) is 4.98 Å². The molecule has 0 aliphatic rings. The van der Waals surface area contributed by atoms with E-state index in [0.29, 0.717) is 0 Å². The van der Waals surface area contributed by atoms with E-state index in [1.54, 1.807) is 18.3 Å². The van der Waals surface area contributed by atoms with Crippen molar-refractivity contribution in [1.29, 1.82) is 0 Å². The zero-order valence-corrected chi connectivity index (χ0v) is 11.2. The molecule has 3 rings (SSSR count). The Balaban J connectivity index is 1.91. The Kier molecular flexibility index (Phi) is 3.25. The molecule has 1 aromatic heterocycles. The topological polar surface area (TPSA) is 45.2 Å². The molecule has 3 aromatic rings. The summed E-state index contributed by atoms with van der Waals surface area (Å²) in [5.74, 6) is 0.289. The summed E-state index contributed by atoms with van der Waals surface area (Å²) in [5.41, 5.74) is 2.22. The number of nitrogens with zero attached hydrogens (tertiary/aromatic N) is 1. The predicted molar refractivity (Wildman–Crippen MR) is 81.9 cm³/mol. The SMILES string of the molecule is CC(Nc1cccc2cnccc12)c1ccc(O)cc1. The summed E-state index contributed by atoms with van der Waals surface area (Å²) in [6.07, 6.45) is 3.67. The number of rotatable bonds is 3. The molecule has 3 heteroatoms. The molecule has 1 atom stereocenters. The van der Waals surface area contributed by atoms with Gasteiger partial charge in [-0.2, -0.15) is 0 Å². The van der Waals surface area contributed by atoms with Gasteiger partial charge in [0.15, 0.2) is 0 Å². The Morgan fingerprint density at radius 1 is 1.05 bits per heavy atom. The number of phenolic OH excluding ortho intramolecular Hbond substituents is 1. The van der Waals surface area contributed by atoms with Crippen LogP contribution in [0.25, 0.3) is 10.8 Å². The zero-order chi connectivity index (χ0) is 13.9. The Morgan fingerprint density at radius 3 is 2.65 bits per heavy atom. The normalized spacial score (nSPS) is 12.2. The monoisotopic (exact) mass is 264 g/mol. The van der Waals surface area contributed by atoms with Crippen LogP contribution in [0.1, 0.15) is 18.5 Å². The molecule has 100 valence electrons. The van der Waals surface area contributed by atoms with Gasteiger partial charge in [0.1, 0.15) is 5.75 Å². The second-order valence-corrected chi connectivity index (χ2v) is 4.86. The molecule has 1 heterocycles. The van der Waals surface area contributed by atoms with Crippen LogP contribution in [0.4, 0.5) is 5.69 Å². The highest BCUT2D eigenvalue weighted by atomic mass is 16.3. The lowest BCUT2D eigenvalue weighted by Gasteiger charge is -2.17. The third kappa shape index (κ3) is 2.43. The van der Waals surface area contributed by atoms with Gasteiger partial charge in [-0.15, -0.1) is 0 Å². The second kappa shape index (κ2) is 5.21. The average molecular weight is 264 g/mol. The van der Waals surface area contributed by atoms with Crippen molar-refractivity contribution in [3.05, 3.63) is 66.5 Å². The molecule has 0 amide bonds. The number of hydrogen-bond acceptors (Lipinski definition) is 3. The molecule has 0 saturated heterocycles. The number of fused-ring (bicyclic) bond motifs is 1. The van der Waals surface area contributed by atoms with Gasteiger partial charge in [-0.05, 0) is 36.8 Å². The Bertz CT molecular complexity index is 717. The number of aromatic hydroxyl groups is 1. The van der Waals surface area contributed by atoms with Crippen LogP contribution in [0.2, 0.25) is 0 Å². The minimum absolute atomic E-state index is 0.161. The van der Waals surface area contributed by atoms with Crippen molar-refractivity contribution in [2.45, 2.75) is 13.0 Å². The summed E-state index contributed by atoms with van der Waals surface area (Å²) < 4.78 is 0. The van der Waals surface area contributed by atoms with E-state index in [1.807, 2.05) is 30.5 Å². The number of benzene rings is 2. The summed E-state index contributed by atoms with van der Waals surface area (Å²) in [6.45, 7) is 2.10. The maximum absolute atomic E-state index is 9.34. The van der Waals surface area contributed by atoms with E-state index in [2.05, 4.69) is 29.4 Å². The molecule has 1 unspecified atom stereocenters. The summed E-state index contributed by atoms with van der Waals surface area (Å²) in [6, 6.07) is 15.6. The number of anilines is 1. The van der Waals surface area contributed by atoms with Crippen LogP contribution < -0.4 is 5.32 Å². The summed E-state index contributed by atoms with van der Waals surface area (Å²) in [4.78, 5) is 4.15. The molecule has 0 radical (unpaired) electrons. The summed E-state index contributed by atoms with van der Waals surface area (Å²) >= 11 is 0. The Morgan fingerprint density at radius 2 is 1.85 bits per heavy atom. The van der Waals surface area contributed by atoms with E-state index >= 15 is 0 Å². The van der Waals surface area contributed by atoms with E-state index in [-0.39, 0.29) is 11.8 Å². The van der Waals surface area contributed by atoms with Crippen LogP contribution in [0.15, 0.2) is 60.9 Å². The van der Waals surface area contributed by atoms with Gasteiger partial charge in [0.2, 0.25) is 0 Å². The van der Waals surface area contributed by atoms with Gasteiger partial charge in [0.25, 0.3) is 0 Å². The van der Waals surface area contributed by atoms with Crippen molar-refractivity contribution < 1.29 is 5.11 Å². The van der Waals surface area contributed by atoms with Crippen LogP contribution >= 0.6 is 0 Å². The minimum Gasteiger partial charge on any atom is -0.508 e. The van der Waals surface area contributed by atoms with Gasteiger partial charge in [-0.1, -0.05) is 24.3 Å². The third-order valence-electron chi connectivity index (χ3n) is 3.45. The van der Waals surface area contributed by atoms with E-state index in [1.165, 1.54) is 0 Å². The minimum atomic E-state index is 0.161. The summed E-state index contributed by atoms with van der Waals surface area (Å²) in [5, 5.41) is 15.1. The lowest BCUT2D eigenvalue weighted by molar-refractivity contribution is 0.475. The first-order valence-corrected chi connectivity index (χ1v) is 6.62. The van der Waals surface area contributed by atoms with E-state index in [9.17, 15) is 5.11 Å². The molecule has 0 fully saturated rings. The molecule has 2 aromatic carbocycles. The van der Waals surface area contributed by atoms with Crippen LogP contribution in [0.5, 0.6) is 5.75 Å². The summed E-state index contributed by atoms with van der Waals surface area (Å²) in [7, 11) is 0. The first-order valence-electron chi connectivity index (χ1n) is 6.62. The third-order valence-corrected chi connectivity index (χ3v) is 3.45. The first-order chi connectivity index (χ1) is 9.74. The van der Waals surface area contributed by atoms with Crippen molar-refractivity contribution in [3.63, 3.8) is 0 Å². The van der Waals surface area contributed by atoms with Crippen molar-refractivity contribution in [2.75, 3.05) is 5.32 Å². The predicted octanol–water partition coefficient (Wildman–Crippen LogP) is 4.11. The quantitative estimate of drug-likeness (QED) is 0.748. The fourth-order valence-electron chi connectivity index (χ4n) is 2.33. The van der Waals surface area contributed by atoms with Crippen LogP contribution in [0, 0.1) is 0 Å².